The lowest BCUT2D eigenvalue weighted by atomic mass is 9.91. The minimum atomic E-state index is -4.31. The number of benzene rings is 2. The van der Waals surface area contributed by atoms with Gasteiger partial charge in [-0.25, -0.2) is 0 Å². The fraction of sp³-hybridized carbons (Fsp3) is 0.294. The van der Waals surface area contributed by atoms with Gasteiger partial charge < -0.3 is 5.11 Å². The molecule has 1 N–H and O–H groups in total. The maximum absolute atomic E-state index is 12.5. The molecule has 0 aliphatic rings. The Bertz CT molecular complexity index is 588. The molecule has 0 bridgehead atoms. The van der Waals surface area contributed by atoms with Crippen LogP contribution in [-0.4, -0.2) is 11.7 Å². The summed E-state index contributed by atoms with van der Waals surface area (Å²) >= 11 is 0. The molecule has 4 heteroatoms. The highest BCUT2D eigenvalue weighted by Crippen LogP contribution is 2.30. The quantitative estimate of drug-likeness (QED) is 0.889. The molecule has 0 aromatic heterocycles. The number of halogens is 3. The van der Waals surface area contributed by atoms with Crippen molar-refractivity contribution in [3.8, 4) is 0 Å². The monoisotopic (exact) mass is 294 g/mol. The summed E-state index contributed by atoms with van der Waals surface area (Å²) in [4.78, 5) is 0. The number of aryl methyl sites for hydroxylation is 1. The van der Waals surface area contributed by atoms with Crippen molar-refractivity contribution in [1.29, 1.82) is 0 Å². The van der Waals surface area contributed by atoms with Gasteiger partial charge in [0.1, 0.15) is 0 Å². The van der Waals surface area contributed by atoms with E-state index in [1.807, 2.05) is 31.2 Å². The van der Waals surface area contributed by atoms with Crippen molar-refractivity contribution in [2.24, 2.45) is 0 Å². The largest absolute Gasteiger partial charge is 0.416 e. The zero-order valence-corrected chi connectivity index (χ0v) is 11.7. The molecule has 1 nitrogen and oxygen atoms in total. The van der Waals surface area contributed by atoms with Crippen LogP contribution in [0.2, 0.25) is 0 Å². The van der Waals surface area contributed by atoms with E-state index < -0.39 is 11.7 Å². The van der Waals surface area contributed by atoms with Crippen LogP contribution in [-0.2, 0) is 12.6 Å². The van der Waals surface area contributed by atoms with Gasteiger partial charge in [0, 0.05) is 5.92 Å². The van der Waals surface area contributed by atoms with Crippen LogP contribution in [0.15, 0.2) is 48.5 Å². The van der Waals surface area contributed by atoms with E-state index in [2.05, 4.69) is 0 Å². The molecule has 1 unspecified atom stereocenters. The van der Waals surface area contributed by atoms with Crippen molar-refractivity contribution >= 4 is 0 Å². The summed E-state index contributed by atoms with van der Waals surface area (Å²) in [5.74, 6) is -0.110. The second-order valence-corrected chi connectivity index (χ2v) is 5.19. The third-order valence-corrected chi connectivity index (χ3v) is 3.50. The minimum absolute atomic E-state index is 0.0372. The van der Waals surface area contributed by atoms with Gasteiger partial charge in [-0.3, -0.25) is 0 Å². The Balaban J connectivity index is 2.15. The van der Waals surface area contributed by atoms with Crippen LogP contribution in [0.5, 0.6) is 0 Å². The Morgan fingerprint density at radius 1 is 1.05 bits per heavy atom. The van der Waals surface area contributed by atoms with Crippen LogP contribution < -0.4 is 0 Å². The molecule has 0 spiro atoms. The molecule has 0 radical (unpaired) electrons. The lowest BCUT2D eigenvalue weighted by molar-refractivity contribution is -0.137. The highest BCUT2D eigenvalue weighted by atomic mass is 19.4. The van der Waals surface area contributed by atoms with E-state index in [0.717, 1.165) is 28.8 Å². The number of alkyl halides is 3. The van der Waals surface area contributed by atoms with Gasteiger partial charge in [-0.1, -0.05) is 42.0 Å². The van der Waals surface area contributed by atoms with Crippen molar-refractivity contribution in [2.75, 3.05) is 6.61 Å². The highest BCUT2D eigenvalue weighted by molar-refractivity contribution is 5.30. The standard InChI is InChI=1S/C17H17F3O/c1-12-3-2-4-14(9-12)15(11-21)10-13-5-7-16(8-6-13)17(18,19)20/h2-9,15,21H,10-11H2,1H3. The van der Waals surface area contributed by atoms with E-state index in [0.29, 0.717) is 6.42 Å². The van der Waals surface area contributed by atoms with Crippen molar-refractivity contribution in [2.45, 2.75) is 25.4 Å². The number of hydrogen-bond donors (Lipinski definition) is 1. The summed E-state index contributed by atoms with van der Waals surface area (Å²) in [6.07, 6.45) is -3.80. The average molecular weight is 294 g/mol. The summed E-state index contributed by atoms with van der Waals surface area (Å²) in [7, 11) is 0. The molecule has 2 aromatic rings. The molecule has 0 saturated heterocycles. The van der Waals surface area contributed by atoms with Crippen LogP contribution in [0.25, 0.3) is 0 Å². The van der Waals surface area contributed by atoms with Crippen molar-refractivity contribution in [1.82, 2.24) is 0 Å². The second-order valence-electron chi connectivity index (χ2n) is 5.19. The Morgan fingerprint density at radius 2 is 1.71 bits per heavy atom. The molecule has 0 saturated carbocycles. The number of rotatable bonds is 4. The van der Waals surface area contributed by atoms with Gasteiger partial charge in [0.2, 0.25) is 0 Å². The maximum Gasteiger partial charge on any atom is 0.416 e. The van der Waals surface area contributed by atoms with E-state index >= 15 is 0 Å². The van der Waals surface area contributed by atoms with E-state index in [1.165, 1.54) is 12.1 Å². The fourth-order valence-corrected chi connectivity index (χ4v) is 2.33. The predicted octanol–water partition coefficient (Wildman–Crippen LogP) is 4.33. The molecule has 112 valence electrons. The van der Waals surface area contributed by atoms with E-state index in [1.54, 1.807) is 0 Å². The van der Waals surface area contributed by atoms with Crippen LogP contribution in [0.1, 0.15) is 28.2 Å². The summed E-state index contributed by atoms with van der Waals surface area (Å²) < 4.78 is 37.6. The lowest BCUT2D eigenvalue weighted by Crippen LogP contribution is -2.09. The zero-order valence-electron chi connectivity index (χ0n) is 11.7. The normalized spacial score (nSPS) is 13.2. The van der Waals surface area contributed by atoms with Gasteiger partial charge in [-0.2, -0.15) is 13.2 Å². The first-order valence-corrected chi connectivity index (χ1v) is 6.73. The Morgan fingerprint density at radius 3 is 2.24 bits per heavy atom. The fourth-order valence-electron chi connectivity index (χ4n) is 2.33. The Labute approximate surface area is 122 Å². The molecule has 21 heavy (non-hydrogen) atoms. The highest BCUT2D eigenvalue weighted by Gasteiger charge is 2.30. The summed E-state index contributed by atoms with van der Waals surface area (Å²) in [6, 6.07) is 12.9. The number of aliphatic hydroxyl groups excluding tert-OH is 1. The van der Waals surface area contributed by atoms with Crippen molar-refractivity contribution in [3.05, 3.63) is 70.8 Å². The molecular formula is C17H17F3O. The Kier molecular flexibility index (Phi) is 4.68. The summed E-state index contributed by atoms with van der Waals surface area (Å²) in [5.41, 5.74) is 2.22. The summed E-state index contributed by atoms with van der Waals surface area (Å²) in [6.45, 7) is 1.93. The SMILES string of the molecule is Cc1cccc(C(CO)Cc2ccc(C(F)(F)F)cc2)c1. The Hall–Kier alpha value is -1.81. The average Bonchev–Trinajstić information content (AvgIpc) is 2.44. The van der Waals surface area contributed by atoms with Gasteiger partial charge in [-0.15, -0.1) is 0 Å². The molecule has 1 atom stereocenters. The third kappa shape index (κ3) is 4.08. The molecule has 2 aromatic carbocycles. The van der Waals surface area contributed by atoms with E-state index in [4.69, 9.17) is 0 Å². The molecule has 2 rings (SSSR count). The smallest absolute Gasteiger partial charge is 0.396 e. The molecule has 0 fully saturated rings. The van der Waals surface area contributed by atoms with Crippen LogP contribution in [0, 0.1) is 6.92 Å². The van der Waals surface area contributed by atoms with Crippen LogP contribution >= 0.6 is 0 Å². The molecule has 0 aliphatic carbocycles. The minimum Gasteiger partial charge on any atom is -0.396 e. The van der Waals surface area contributed by atoms with Crippen molar-refractivity contribution < 1.29 is 18.3 Å². The number of hydrogen-bond acceptors (Lipinski definition) is 1. The van der Waals surface area contributed by atoms with Gasteiger partial charge in [-0.05, 0) is 36.6 Å². The second kappa shape index (κ2) is 6.31. The van der Waals surface area contributed by atoms with Crippen molar-refractivity contribution in [3.63, 3.8) is 0 Å². The third-order valence-electron chi connectivity index (χ3n) is 3.50. The van der Waals surface area contributed by atoms with E-state index in [9.17, 15) is 18.3 Å². The van der Waals surface area contributed by atoms with E-state index in [-0.39, 0.29) is 12.5 Å². The maximum atomic E-state index is 12.5. The van der Waals surface area contributed by atoms with Crippen LogP contribution in [0.4, 0.5) is 13.2 Å². The molecule has 0 aliphatic heterocycles. The van der Waals surface area contributed by atoms with Gasteiger partial charge in [0.25, 0.3) is 0 Å². The molecular weight excluding hydrogens is 277 g/mol. The predicted molar refractivity (Wildman–Crippen MR) is 76.2 cm³/mol. The zero-order chi connectivity index (χ0) is 15.5. The lowest BCUT2D eigenvalue weighted by Gasteiger charge is -2.16. The van der Waals surface area contributed by atoms with Gasteiger partial charge in [0.05, 0.1) is 12.2 Å². The van der Waals surface area contributed by atoms with Gasteiger partial charge in [0.15, 0.2) is 0 Å². The summed E-state index contributed by atoms with van der Waals surface area (Å²) in [5, 5.41) is 9.54. The first kappa shape index (κ1) is 15.6. The molecule has 0 amide bonds. The topological polar surface area (TPSA) is 20.2 Å². The van der Waals surface area contributed by atoms with Gasteiger partial charge >= 0.3 is 6.18 Å². The first-order valence-electron chi connectivity index (χ1n) is 6.73. The molecule has 0 heterocycles. The number of aliphatic hydroxyl groups is 1. The first-order chi connectivity index (χ1) is 9.90. The van der Waals surface area contributed by atoms with Crippen LogP contribution in [0.3, 0.4) is 0 Å².